The molecule has 5 nitrogen and oxygen atoms in total. The largest absolute Gasteiger partial charge is 0.416 e. The SMILES string of the molecule is NCC1(C(=O)NCC(O)C(F)(F)F)CCOCC1. The van der Waals surface area contributed by atoms with Gasteiger partial charge in [-0.2, -0.15) is 13.2 Å². The molecule has 1 unspecified atom stereocenters. The highest BCUT2D eigenvalue weighted by molar-refractivity contribution is 5.83. The molecule has 1 aliphatic heterocycles. The van der Waals surface area contributed by atoms with Crippen LogP contribution in [0.2, 0.25) is 0 Å². The van der Waals surface area contributed by atoms with E-state index in [9.17, 15) is 18.0 Å². The molecular formula is C10H17F3N2O3. The van der Waals surface area contributed by atoms with E-state index < -0.39 is 30.1 Å². The molecule has 1 aliphatic rings. The van der Waals surface area contributed by atoms with Crippen molar-refractivity contribution in [2.45, 2.75) is 25.1 Å². The highest BCUT2D eigenvalue weighted by Crippen LogP contribution is 2.29. The van der Waals surface area contributed by atoms with Crippen molar-refractivity contribution in [2.75, 3.05) is 26.3 Å². The summed E-state index contributed by atoms with van der Waals surface area (Å²) in [5.74, 6) is -0.559. The molecule has 0 saturated carbocycles. The van der Waals surface area contributed by atoms with Crippen molar-refractivity contribution in [3.05, 3.63) is 0 Å². The second-order valence-electron chi connectivity index (χ2n) is 4.36. The van der Waals surface area contributed by atoms with Gasteiger partial charge in [-0.05, 0) is 12.8 Å². The number of halogens is 3. The Bertz CT molecular complexity index is 291. The summed E-state index contributed by atoms with van der Waals surface area (Å²) in [6, 6.07) is 0. The van der Waals surface area contributed by atoms with Crippen molar-refractivity contribution in [3.63, 3.8) is 0 Å². The molecule has 0 aliphatic carbocycles. The van der Waals surface area contributed by atoms with Gasteiger partial charge in [0.05, 0.1) is 12.0 Å². The fourth-order valence-electron chi connectivity index (χ4n) is 1.78. The lowest BCUT2D eigenvalue weighted by Gasteiger charge is -2.34. The molecule has 1 amide bonds. The molecular weight excluding hydrogens is 253 g/mol. The quantitative estimate of drug-likeness (QED) is 0.659. The lowest BCUT2D eigenvalue weighted by molar-refractivity contribution is -0.202. The zero-order valence-electron chi connectivity index (χ0n) is 9.79. The lowest BCUT2D eigenvalue weighted by atomic mass is 9.79. The number of nitrogens with two attached hydrogens (primary N) is 1. The summed E-state index contributed by atoms with van der Waals surface area (Å²) in [7, 11) is 0. The molecule has 0 bridgehead atoms. The van der Waals surface area contributed by atoms with Crippen LogP contribution >= 0.6 is 0 Å². The van der Waals surface area contributed by atoms with Crippen LogP contribution in [0.25, 0.3) is 0 Å². The summed E-state index contributed by atoms with van der Waals surface area (Å²) in [5.41, 5.74) is 4.64. The van der Waals surface area contributed by atoms with E-state index in [2.05, 4.69) is 5.32 Å². The molecule has 1 heterocycles. The van der Waals surface area contributed by atoms with Gasteiger partial charge in [0.25, 0.3) is 0 Å². The van der Waals surface area contributed by atoms with Gasteiger partial charge in [-0.15, -0.1) is 0 Å². The molecule has 1 saturated heterocycles. The third-order valence-electron chi connectivity index (χ3n) is 3.16. The van der Waals surface area contributed by atoms with E-state index in [-0.39, 0.29) is 6.54 Å². The fourth-order valence-corrected chi connectivity index (χ4v) is 1.78. The van der Waals surface area contributed by atoms with Crippen LogP contribution in [-0.2, 0) is 9.53 Å². The predicted molar refractivity (Wildman–Crippen MR) is 56.6 cm³/mol. The molecule has 0 radical (unpaired) electrons. The topological polar surface area (TPSA) is 84.6 Å². The minimum absolute atomic E-state index is 0.0459. The molecule has 1 atom stereocenters. The number of aliphatic hydroxyl groups excluding tert-OH is 1. The van der Waals surface area contributed by atoms with Gasteiger partial charge in [-0.25, -0.2) is 0 Å². The first-order valence-corrected chi connectivity index (χ1v) is 5.63. The number of hydrogen-bond donors (Lipinski definition) is 3. The number of carbonyl (C=O) groups excluding carboxylic acids is 1. The Kier molecular flexibility index (Phi) is 4.94. The summed E-state index contributed by atoms with van der Waals surface area (Å²) < 4.78 is 41.3. The van der Waals surface area contributed by atoms with Crippen molar-refractivity contribution in [1.82, 2.24) is 5.32 Å². The molecule has 0 aromatic rings. The van der Waals surface area contributed by atoms with Crippen molar-refractivity contribution < 1.29 is 27.8 Å². The Balaban J connectivity index is 2.53. The van der Waals surface area contributed by atoms with Gasteiger partial charge in [0.15, 0.2) is 6.10 Å². The first-order valence-electron chi connectivity index (χ1n) is 5.63. The monoisotopic (exact) mass is 270 g/mol. The molecule has 1 rings (SSSR count). The average molecular weight is 270 g/mol. The third kappa shape index (κ3) is 3.56. The summed E-state index contributed by atoms with van der Waals surface area (Å²) >= 11 is 0. The maximum absolute atomic E-state index is 12.1. The first kappa shape index (κ1) is 15.2. The number of aliphatic hydroxyl groups is 1. The number of carbonyl (C=O) groups is 1. The van der Waals surface area contributed by atoms with Crippen LogP contribution < -0.4 is 11.1 Å². The minimum atomic E-state index is -4.74. The Hall–Kier alpha value is -0.860. The fraction of sp³-hybridized carbons (Fsp3) is 0.900. The molecule has 18 heavy (non-hydrogen) atoms. The van der Waals surface area contributed by atoms with Crippen LogP contribution in [0.3, 0.4) is 0 Å². The van der Waals surface area contributed by atoms with Crippen LogP contribution in [0.15, 0.2) is 0 Å². The average Bonchev–Trinajstić information content (AvgIpc) is 2.35. The highest BCUT2D eigenvalue weighted by Gasteiger charge is 2.42. The Morgan fingerprint density at radius 1 is 1.44 bits per heavy atom. The number of ether oxygens (including phenoxy) is 1. The summed E-state index contributed by atoms with van der Waals surface area (Å²) in [4.78, 5) is 11.9. The smallest absolute Gasteiger partial charge is 0.382 e. The van der Waals surface area contributed by atoms with Crippen molar-refractivity contribution in [1.29, 1.82) is 0 Å². The Morgan fingerprint density at radius 3 is 2.44 bits per heavy atom. The molecule has 4 N–H and O–H groups in total. The number of rotatable bonds is 4. The van der Waals surface area contributed by atoms with E-state index in [4.69, 9.17) is 15.6 Å². The zero-order valence-corrected chi connectivity index (χ0v) is 9.79. The van der Waals surface area contributed by atoms with Crippen LogP contribution in [0.4, 0.5) is 13.2 Å². The lowest BCUT2D eigenvalue weighted by Crippen LogP contribution is -2.51. The van der Waals surface area contributed by atoms with Crippen LogP contribution in [0.1, 0.15) is 12.8 Å². The Morgan fingerprint density at radius 2 is 2.00 bits per heavy atom. The minimum Gasteiger partial charge on any atom is -0.382 e. The summed E-state index contributed by atoms with van der Waals surface area (Å²) in [6.07, 6.45) is -6.55. The molecule has 8 heteroatoms. The van der Waals surface area contributed by atoms with E-state index in [1.807, 2.05) is 0 Å². The zero-order chi connectivity index (χ0) is 13.8. The second kappa shape index (κ2) is 5.85. The molecule has 106 valence electrons. The van der Waals surface area contributed by atoms with Gasteiger partial charge in [0.1, 0.15) is 0 Å². The summed E-state index contributed by atoms with van der Waals surface area (Å²) in [6.45, 7) is -0.103. The van der Waals surface area contributed by atoms with E-state index in [1.54, 1.807) is 0 Å². The second-order valence-corrected chi connectivity index (χ2v) is 4.36. The number of nitrogens with one attached hydrogen (secondary N) is 1. The van der Waals surface area contributed by atoms with Gasteiger partial charge in [-0.1, -0.05) is 0 Å². The van der Waals surface area contributed by atoms with Crippen LogP contribution in [0, 0.1) is 5.41 Å². The van der Waals surface area contributed by atoms with E-state index in [1.165, 1.54) is 0 Å². The van der Waals surface area contributed by atoms with Crippen molar-refractivity contribution in [3.8, 4) is 0 Å². The van der Waals surface area contributed by atoms with Gasteiger partial charge in [0, 0.05) is 19.8 Å². The number of hydrogen-bond acceptors (Lipinski definition) is 4. The molecule has 1 fully saturated rings. The van der Waals surface area contributed by atoms with E-state index >= 15 is 0 Å². The first-order chi connectivity index (χ1) is 8.32. The number of amides is 1. The van der Waals surface area contributed by atoms with Gasteiger partial charge < -0.3 is 20.9 Å². The maximum atomic E-state index is 12.1. The standard InChI is InChI=1S/C10H17F3N2O3/c11-10(12,13)7(16)5-15-8(17)9(6-14)1-3-18-4-2-9/h7,16H,1-6,14H2,(H,15,17). The molecule has 0 aromatic carbocycles. The van der Waals surface area contributed by atoms with E-state index in [0.717, 1.165) is 0 Å². The summed E-state index contributed by atoms with van der Waals surface area (Å²) in [5, 5.41) is 10.9. The van der Waals surface area contributed by atoms with Gasteiger partial charge >= 0.3 is 6.18 Å². The predicted octanol–water partition coefficient (Wildman–Crippen LogP) is -0.219. The van der Waals surface area contributed by atoms with Gasteiger partial charge in [0.2, 0.25) is 5.91 Å². The normalized spacial score (nSPS) is 21.4. The van der Waals surface area contributed by atoms with Gasteiger partial charge in [-0.3, -0.25) is 4.79 Å². The van der Waals surface area contributed by atoms with Crippen LogP contribution in [0.5, 0.6) is 0 Å². The third-order valence-corrected chi connectivity index (χ3v) is 3.16. The number of alkyl halides is 3. The van der Waals surface area contributed by atoms with Crippen molar-refractivity contribution >= 4 is 5.91 Å². The van der Waals surface area contributed by atoms with Crippen molar-refractivity contribution in [2.24, 2.45) is 11.1 Å². The molecule has 0 spiro atoms. The Labute approximate surface area is 102 Å². The highest BCUT2D eigenvalue weighted by atomic mass is 19.4. The molecule has 0 aromatic heterocycles. The maximum Gasteiger partial charge on any atom is 0.416 e. The van der Waals surface area contributed by atoms with Crippen LogP contribution in [-0.4, -0.2) is 49.6 Å². The van der Waals surface area contributed by atoms with E-state index in [0.29, 0.717) is 26.1 Å².